The molecule has 0 amide bonds. The predicted molar refractivity (Wildman–Crippen MR) is 60.9 cm³/mol. The van der Waals surface area contributed by atoms with Gasteiger partial charge in [-0.2, -0.15) is 0 Å². The highest BCUT2D eigenvalue weighted by Gasteiger charge is 1.92. The summed E-state index contributed by atoms with van der Waals surface area (Å²) in [7, 11) is 1.98. The highest BCUT2D eigenvalue weighted by atomic mass is 14.8. The fourth-order valence-electron chi connectivity index (χ4n) is 0.919. The minimum Gasteiger partial charge on any atom is -0.319 e. The Bertz CT molecular complexity index is 221. The van der Waals surface area contributed by atoms with Gasteiger partial charge in [0, 0.05) is 0 Å². The van der Waals surface area contributed by atoms with Crippen molar-refractivity contribution in [1.82, 2.24) is 5.32 Å². The average Bonchev–Trinajstić information content (AvgIpc) is 2.10. The Balaban J connectivity index is 4.17. The Morgan fingerprint density at radius 2 is 1.85 bits per heavy atom. The number of allylic oxidation sites excluding steroid dienone is 4. The molecule has 0 aliphatic rings. The Morgan fingerprint density at radius 3 is 2.31 bits per heavy atom. The maximum Gasteiger partial charge on any atom is -0.00145 e. The SMILES string of the molecule is C=C(C)C=CC(C)=C(C)CCNC. The van der Waals surface area contributed by atoms with Gasteiger partial charge < -0.3 is 5.32 Å². The third-order valence-corrected chi connectivity index (χ3v) is 2.04. The third-order valence-electron chi connectivity index (χ3n) is 2.04. The summed E-state index contributed by atoms with van der Waals surface area (Å²) in [4.78, 5) is 0. The molecule has 0 aromatic carbocycles. The van der Waals surface area contributed by atoms with Crippen LogP contribution in [0.1, 0.15) is 27.2 Å². The van der Waals surface area contributed by atoms with E-state index in [0.29, 0.717) is 0 Å². The van der Waals surface area contributed by atoms with Crippen molar-refractivity contribution < 1.29 is 0 Å². The molecule has 0 unspecified atom stereocenters. The van der Waals surface area contributed by atoms with E-state index in [-0.39, 0.29) is 0 Å². The van der Waals surface area contributed by atoms with Crippen LogP contribution in [0.3, 0.4) is 0 Å². The van der Waals surface area contributed by atoms with Crippen LogP contribution in [-0.4, -0.2) is 13.6 Å². The Kier molecular flexibility index (Phi) is 6.25. The lowest BCUT2D eigenvalue weighted by Gasteiger charge is -2.03. The molecule has 74 valence electrons. The van der Waals surface area contributed by atoms with E-state index in [1.54, 1.807) is 0 Å². The van der Waals surface area contributed by atoms with Gasteiger partial charge >= 0.3 is 0 Å². The predicted octanol–water partition coefficient (Wildman–Crippen LogP) is 3.06. The Labute approximate surface area is 82.2 Å². The molecular formula is C12H21N. The largest absolute Gasteiger partial charge is 0.319 e. The zero-order valence-electron chi connectivity index (χ0n) is 9.28. The van der Waals surface area contributed by atoms with E-state index in [2.05, 4.69) is 37.9 Å². The first kappa shape index (κ1) is 12.2. The smallest absolute Gasteiger partial charge is 0.00145 e. The van der Waals surface area contributed by atoms with Crippen LogP contribution in [-0.2, 0) is 0 Å². The lowest BCUT2D eigenvalue weighted by atomic mass is 10.1. The minimum absolute atomic E-state index is 1.05. The highest BCUT2D eigenvalue weighted by molar-refractivity contribution is 5.27. The van der Waals surface area contributed by atoms with E-state index in [4.69, 9.17) is 0 Å². The first-order valence-electron chi connectivity index (χ1n) is 4.72. The summed E-state index contributed by atoms with van der Waals surface area (Å²) in [5.41, 5.74) is 3.88. The fourth-order valence-corrected chi connectivity index (χ4v) is 0.919. The molecule has 0 bridgehead atoms. The summed E-state index contributed by atoms with van der Waals surface area (Å²) in [6.07, 6.45) is 5.30. The second-order valence-corrected chi connectivity index (χ2v) is 3.50. The average molecular weight is 179 g/mol. The van der Waals surface area contributed by atoms with E-state index in [9.17, 15) is 0 Å². The summed E-state index contributed by atoms with van der Waals surface area (Å²) in [6.45, 7) is 11.2. The molecule has 0 fully saturated rings. The van der Waals surface area contributed by atoms with Gasteiger partial charge in [-0.05, 0) is 40.8 Å². The fraction of sp³-hybridized carbons (Fsp3) is 0.500. The monoisotopic (exact) mass is 179 g/mol. The van der Waals surface area contributed by atoms with E-state index >= 15 is 0 Å². The van der Waals surface area contributed by atoms with E-state index in [0.717, 1.165) is 18.5 Å². The molecule has 1 nitrogen and oxygen atoms in total. The van der Waals surface area contributed by atoms with Crippen molar-refractivity contribution in [2.75, 3.05) is 13.6 Å². The summed E-state index contributed by atoms with van der Waals surface area (Å²) in [5, 5.41) is 3.14. The molecule has 0 radical (unpaired) electrons. The second kappa shape index (κ2) is 6.67. The van der Waals surface area contributed by atoms with Crippen LogP contribution in [0.15, 0.2) is 35.5 Å². The van der Waals surface area contributed by atoms with Crippen LogP contribution in [0.25, 0.3) is 0 Å². The molecule has 13 heavy (non-hydrogen) atoms. The van der Waals surface area contributed by atoms with Crippen LogP contribution in [0.5, 0.6) is 0 Å². The zero-order chi connectivity index (χ0) is 10.3. The number of nitrogens with one attached hydrogen (secondary N) is 1. The van der Waals surface area contributed by atoms with E-state index in [1.165, 1.54) is 11.1 Å². The molecule has 0 aliphatic carbocycles. The standard InChI is InChI=1S/C12H21N/c1-10(2)6-7-11(3)12(4)8-9-13-5/h6-7,13H,1,8-9H2,2-5H3. The first-order chi connectivity index (χ1) is 6.07. The van der Waals surface area contributed by atoms with Crippen molar-refractivity contribution in [2.24, 2.45) is 0 Å². The van der Waals surface area contributed by atoms with Gasteiger partial charge in [0.2, 0.25) is 0 Å². The van der Waals surface area contributed by atoms with Gasteiger partial charge in [-0.3, -0.25) is 0 Å². The van der Waals surface area contributed by atoms with Gasteiger partial charge in [0.05, 0.1) is 0 Å². The number of hydrogen-bond acceptors (Lipinski definition) is 1. The van der Waals surface area contributed by atoms with Crippen molar-refractivity contribution >= 4 is 0 Å². The van der Waals surface area contributed by atoms with Crippen molar-refractivity contribution in [3.05, 3.63) is 35.5 Å². The minimum atomic E-state index is 1.05. The molecule has 1 heteroatoms. The summed E-state index contributed by atoms with van der Waals surface area (Å²) < 4.78 is 0. The lowest BCUT2D eigenvalue weighted by Crippen LogP contribution is -2.07. The molecule has 0 aromatic rings. The summed E-state index contributed by atoms with van der Waals surface area (Å²) in [6, 6.07) is 0. The van der Waals surface area contributed by atoms with Gasteiger partial charge in [0.15, 0.2) is 0 Å². The van der Waals surface area contributed by atoms with Gasteiger partial charge in [-0.25, -0.2) is 0 Å². The quantitative estimate of drug-likeness (QED) is 0.640. The molecule has 0 saturated heterocycles. The molecule has 0 aromatic heterocycles. The molecule has 0 atom stereocenters. The number of hydrogen-bond donors (Lipinski definition) is 1. The first-order valence-corrected chi connectivity index (χ1v) is 4.72. The van der Waals surface area contributed by atoms with Crippen LogP contribution in [0.4, 0.5) is 0 Å². The topological polar surface area (TPSA) is 12.0 Å². The molecule has 0 heterocycles. The second-order valence-electron chi connectivity index (χ2n) is 3.50. The van der Waals surface area contributed by atoms with E-state index < -0.39 is 0 Å². The normalized spacial score (nSPS) is 13.2. The van der Waals surface area contributed by atoms with Crippen molar-refractivity contribution in [3.63, 3.8) is 0 Å². The molecular weight excluding hydrogens is 158 g/mol. The van der Waals surface area contributed by atoms with Crippen molar-refractivity contribution in [3.8, 4) is 0 Å². The Hall–Kier alpha value is -0.820. The van der Waals surface area contributed by atoms with Gasteiger partial charge in [0.1, 0.15) is 0 Å². The van der Waals surface area contributed by atoms with Crippen molar-refractivity contribution in [2.45, 2.75) is 27.2 Å². The third kappa shape index (κ3) is 6.35. The zero-order valence-corrected chi connectivity index (χ0v) is 9.28. The van der Waals surface area contributed by atoms with Crippen molar-refractivity contribution in [1.29, 1.82) is 0 Å². The maximum atomic E-state index is 3.83. The van der Waals surface area contributed by atoms with Crippen LogP contribution < -0.4 is 5.32 Å². The summed E-state index contributed by atoms with van der Waals surface area (Å²) in [5.74, 6) is 0. The van der Waals surface area contributed by atoms with E-state index in [1.807, 2.05) is 14.0 Å². The lowest BCUT2D eigenvalue weighted by molar-refractivity contribution is 0.781. The molecule has 0 aliphatic heterocycles. The molecule has 1 N–H and O–H groups in total. The van der Waals surface area contributed by atoms with Crippen LogP contribution >= 0.6 is 0 Å². The molecule has 0 saturated carbocycles. The Morgan fingerprint density at radius 1 is 1.23 bits per heavy atom. The van der Waals surface area contributed by atoms with Gasteiger partial charge in [0.25, 0.3) is 0 Å². The highest BCUT2D eigenvalue weighted by Crippen LogP contribution is 2.09. The van der Waals surface area contributed by atoms with Gasteiger partial charge in [-0.15, -0.1) is 0 Å². The molecule has 0 spiro atoms. The van der Waals surface area contributed by atoms with Gasteiger partial charge in [-0.1, -0.05) is 35.5 Å². The van der Waals surface area contributed by atoms with Crippen LogP contribution in [0, 0.1) is 0 Å². The summed E-state index contributed by atoms with van der Waals surface area (Å²) >= 11 is 0. The molecule has 0 rings (SSSR count). The van der Waals surface area contributed by atoms with Crippen LogP contribution in [0.2, 0.25) is 0 Å². The maximum absolute atomic E-state index is 3.83. The number of rotatable bonds is 5.